The molecule has 0 atom stereocenters. The van der Waals surface area contributed by atoms with E-state index in [1.807, 2.05) is 14.0 Å². The van der Waals surface area contributed by atoms with Gasteiger partial charge in [0.2, 0.25) is 10.0 Å². The number of sulfonamides is 1. The molecule has 1 aromatic rings. The van der Waals surface area contributed by atoms with Crippen molar-refractivity contribution >= 4 is 41.9 Å². The summed E-state index contributed by atoms with van der Waals surface area (Å²) in [7, 11) is -1.54. The molecule has 0 bridgehead atoms. The number of nitrogens with zero attached hydrogens (tertiary/aromatic N) is 1. The van der Waals surface area contributed by atoms with Gasteiger partial charge in [-0.1, -0.05) is 15.9 Å². The molecule has 0 amide bonds. The second-order valence-electron chi connectivity index (χ2n) is 5.00. The van der Waals surface area contributed by atoms with E-state index in [9.17, 15) is 8.42 Å². The van der Waals surface area contributed by atoms with Gasteiger partial charge in [-0.25, -0.2) is 13.1 Å². The maximum atomic E-state index is 12.3. The normalized spacial score (nSPS) is 12.4. The second kappa shape index (κ2) is 7.35. The first-order valence-electron chi connectivity index (χ1n) is 6.30. The third-order valence-electron chi connectivity index (χ3n) is 3.14. The molecule has 0 aliphatic heterocycles. The summed E-state index contributed by atoms with van der Waals surface area (Å²) in [5, 5.41) is 0. The monoisotopic (exact) mass is 426 g/mol. The Morgan fingerprint density at radius 1 is 1.25 bits per heavy atom. The highest BCUT2D eigenvalue weighted by molar-refractivity contribution is 9.11. The van der Waals surface area contributed by atoms with Gasteiger partial charge >= 0.3 is 0 Å². The summed E-state index contributed by atoms with van der Waals surface area (Å²) >= 11 is 6.67. The van der Waals surface area contributed by atoms with Crippen LogP contribution in [0.5, 0.6) is 0 Å². The van der Waals surface area contributed by atoms with Crippen LogP contribution in [-0.2, 0) is 10.0 Å². The van der Waals surface area contributed by atoms with E-state index in [1.54, 1.807) is 12.1 Å². The summed E-state index contributed by atoms with van der Waals surface area (Å²) in [4.78, 5) is 2.34. The van der Waals surface area contributed by atoms with Crippen LogP contribution in [0.4, 0.5) is 0 Å². The molecule has 0 radical (unpaired) electrons. The van der Waals surface area contributed by atoms with E-state index in [0.717, 1.165) is 10.0 Å². The zero-order valence-electron chi connectivity index (χ0n) is 12.1. The standard InChI is InChI=1S/C13H20Br2N2O2S/c1-9(2)17(4)6-5-16-20(18,19)13-8-11(14)10(3)7-12(13)15/h7-9,16H,5-6H2,1-4H3. The van der Waals surface area contributed by atoms with Crippen molar-refractivity contribution in [1.82, 2.24) is 9.62 Å². The first-order chi connectivity index (χ1) is 9.15. The van der Waals surface area contributed by atoms with Crippen LogP contribution in [-0.4, -0.2) is 39.5 Å². The molecule has 0 fully saturated rings. The fourth-order valence-corrected chi connectivity index (χ4v) is 4.22. The fraction of sp³-hybridized carbons (Fsp3) is 0.538. The van der Waals surface area contributed by atoms with Gasteiger partial charge < -0.3 is 4.90 Å². The summed E-state index contributed by atoms with van der Waals surface area (Å²) < 4.78 is 28.6. The van der Waals surface area contributed by atoms with Crippen molar-refractivity contribution in [2.75, 3.05) is 20.1 Å². The molecule has 4 nitrogen and oxygen atoms in total. The lowest BCUT2D eigenvalue weighted by atomic mass is 10.2. The molecular formula is C13H20Br2N2O2S. The Kier molecular flexibility index (Phi) is 6.66. The van der Waals surface area contributed by atoms with Gasteiger partial charge in [-0.3, -0.25) is 0 Å². The molecular weight excluding hydrogens is 408 g/mol. The van der Waals surface area contributed by atoms with Crippen LogP contribution >= 0.6 is 31.9 Å². The minimum atomic E-state index is -3.51. The molecule has 0 unspecified atom stereocenters. The first-order valence-corrected chi connectivity index (χ1v) is 9.37. The molecule has 0 heterocycles. The molecule has 20 heavy (non-hydrogen) atoms. The van der Waals surface area contributed by atoms with Crippen molar-refractivity contribution in [3.63, 3.8) is 0 Å². The van der Waals surface area contributed by atoms with E-state index in [2.05, 4.69) is 55.3 Å². The maximum Gasteiger partial charge on any atom is 0.241 e. The average Bonchev–Trinajstić information content (AvgIpc) is 2.33. The largest absolute Gasteiger partial charge is 0.303 e. The Hall–Kier alpha value is 0.0500. The zero-order chi connectivity index (χ0) is 15.5. The summed E-state index contributed by atoms with van der Waals surface area (Å²) in [6.07, 6.45) is 0. The number of likely N-dealkylation sites (N-methyl/N-ethyl adjacent to an activating group) is 1. The number of rotatable bonds is 6. The highest BCUT2D eigenvalue weighted by Crippen LogP contribution is 2.28. The Morgan fingerprint density at radius 3 is 2.40 bits per heavy atom. The van der Waals surface area contributed by atoms with Gasteiger partial charge in [0.1, 0.15) is 0 Å². The van der Waals surface area contributed by atoms with Crippen LogP contribution in [0.1, 0.15) is 19.4 Å². The fourth-order valence-electron chi connectivity index (χ4n) is 1.53. The first kappa shape index (κ1) is 18.1. The number of hydrogen-bond acceptors (Lipinski definition) is 3. The molecule has 0 aliphatic carbocycles. The SMILES string of the molecule is Cc1cc(Br)c(S(=O)(=O)NCCN(C)C(C)C)cc1Br. The average molecular weight is 428 g/mol. The Labute approximate surface area is 138 Å². The van der Waals surface area contributed by atoms with Crippen molar-refractivity contribution in [2.45, 2.75) is 31.7 Å². The van der Waals surface area contributed by atoms with Crippen molar-refractivity contribution in [3.05, 3.63) is 26.6 Å². The van der Waals surface area contributed by atoms with Crippen LogP contribution in [0, 0.1) is 6.92 Å². The van der Waals surface area contributed by atoms with Gasteiger partial charge in [0.25, 0.3) is 0 Å². The van der Waals surface area contributed by atoms with Gasteiger partial charge in [-0.2, -0.15) is 0 Å². The van der Waals surface area contributed by atoms with Gasteiger partial charge in [-0.15, -0.1) is 0 Å². The van der Waals surface area contributed by atoms with Gasteiger partial charge in [-0.05, 0) is 61.4 Å². The van der Waals surface area contributed by atoms with Gasteiger partial charge in [0.05, 0.1) is 4.90 Å². The van der Waals surface area contributed by atoms with Crippen molar-refractivity contribution in [3.8, 4) is 0 Å². The topological polar surface area (TPSA) is 49.4 Å². The number of aryl methyl sites for hydroxylation is 1. The lowest BCUT2D eigenvalue weighted by Crippen LogP contribution is -2.36. The van der Waals surface area contributed by atoms with Crippen LogP contribution in [0.3, 0.4) is 0 Å². The summed E-state index contributed by atoms with van der Waals surface area (Å²) in [5.41, 5.74) is 0.982. The van der Waals surface area contributed by atoms with E-state index in [1.165, 1.54) is 0 Å². The smallest absolute Gasteiger partial charge is 0.241 e. The van der Waals surface area contributed by atoms with E-state index in [0.29, 0.717) is 23.6 Å². The van der Waals surface area contributed by atoms with Crippen molar-refractivity contribution < 1.29 is 8.42 Å². The minimum absolute atomic E-state index is 0.252. The highest BCUT2D eigenvalue weighted by Gasteiger charge is 2.19. The molecule has 0 spiro atoms. The number of benzene rings is 1. The predicted octanol–water partition coefficient (Wildman–Crippen LogP) is 3.14. The van der Waals surface area contributed by atoms with Crippen LogP contribution < -0.4 is 4.72 Å². The molecule has 0 saturated carbocycles. The quantitative estimate of drug-likeness (QED) is 0.758. The molecule has 0 aromatic heterocycles. The van der Waals surface area contributed by atoms with Gasteiger partial charge in [0, 0.05) is 28.1 Å². The lowest BCUT2D eigenvalue weighted by molar-refractivity contribution is 0.278. The minimum Gasteiger partial charge on any atom is -0.303 e. The molecule has 7 heteroatoms. The van der Waals surface area contributed by atoms with Crippen LogP contribution in [0.15, 0.2) is 26.0 Å². The molecule has 1 N–H and O–H groups in total. The second-order valence-corrected chi connectivity index (χ2v) is 8.45. The Morgan fingerprint density at radius 2 is 1.85 bits per heavy atom. The molecule has 114 valence electrons. The van der Waals surface area contributed by atoms with Gasteiger partial charge in [0.15, 0.2) is 0 Å². The summed E-state index contributed by atoms with van der Waals surface area (Å²) in [6.45, 7) is 7.11. The van der Waals surface area contributed by atoms with E-state index in [4.69, 9.17) is 0 Å². The number of hydrogen-bond donors (Lipinski definition) is 1. The predicted molar refractivity (Wildman–Crippen MR) is 89.5 cm³/mol. The van der Waals surface area contributed by atoms with Crippen molar-refractivity contribution in [1.29, 1.82) is 0 Å². The molecule has 1 rings (SSSR count). The summed E-state index contributed by atoms with van der Waals surface area (Å²) in [5.74, 6) is 0. The number of nitrogens with one attached hydrogen (secondary N) is 1. The maximum absolute atomic E-state index is 12.3. The van der Waals surface area contributed by atoms with Crippen LogP contribution in [0.2, 0.25) is 0 Å². The third kappa shape index (κ3) is 4.80. The van der Waals surface area contributed by atoms with E-state index < -0.39 is 10.0 Å². The summed E-state index contributed by atoms with van der Waals surface area (Å²) in [6, 6.07) is 3.80. The number of halogens is 2. The Balaban J connectivity index is 2.82. The van der Waals surface area contributed by atoms with Crippen LogP contribution in [0.25, 0.3) is 0 Å². The third-order valence-corrected chi connectivity index (χ3v) is 6.41. The van der Waals surface area contributed by atoms with E-state index >= 15 is 0 Å². The molecule has 0 aliphatic rings. The molecule has 1 aromatic carbocycles. The molecule has 0 saturated heterocycles. The Bertz CT molecular complexity index is 574. The zero-order valence-corrected chi connectivity index (χ0v) is 16.1. The lowest BCUT2D eigenvalue weighted by Gasteiger charge is -2.21. The van der Waals surface area contributed by atoms with E-state index in [-0.39, 0.29) is 4.90 Å². The highest BCUT2D eigenvalue weighted by atomic mass is 79.9. The van der Waals surface area contributed by atoms with Crippen molar-refractivity contribution in [2.24, 2.45) is 0 Å².